The van der Waals surface area contributed by atoms with Crippen molar-refractivity contribution in [3.05, 3.63) is 95.6 Å². The number of hydrogen-bond donors (Lipinski definition) is 1. The molecule has 180 valence electrons. The normalized spacial score (nSPS) is 14.1. The van der Waals surface area contributed by atoms with Crippen molar-refractivity contribution in [3.8, 4) is 11.5 Å². The maximum atomic E-state index is 12.9. The molecule has 0 radical (unpaired) electrons. The lowest BCUT2D eigenvalue weighted by Crippen LogP contribution is -2.48. The molecule has 3 aromatic carbocycles. The van der Waals surface area contributed by atoms with Crippen molar-refractivity contribution < 1.29 is 37.3 Å². The second-order valence-corrected chi connectivity index (χ2v) is 7.70. The predicted molar refractivity (Wildman–Crippen MR) is 119 cm³/mol. The number of hydrogen-bond acceptors (Lipinski definition) is 5. The van der Waals surface area contributed by atoms with Crippen LogP contribution in [0.2, 0.25) is 0 Å². The van der Waals surface area contributed by atoms with E-state index in [0.29, 0.717) is 17.9 Å². The Hall–Kier alpha value is -3.52. The summed E-state index contributed by atoms with van der Waals surface area (Å²) in [4.78, 5) is 12.8. The Morgan fingerprint density at radius 2 is 1.62 bits per heavy atom. The number of halogens is 3. The first kappa shape index (κ1) is 25.1. The smallest absolute Gasteiger partial charge is 0.416 e. The summed E-state index contributed by atoms with van der Waals surface area (Å²) >= 11 is 0. The Bertz CT molecular complexity index is 1080. The van der Waals surface area contributed by atoms with E-state index in [1.807, 2.05) is 30.3 Å². The standard InChI is InChI=1S/C26H25F3O5/c1-3-32-24(31)25(2,34-21-14-12-20(13-15-21)26(27,28)29)23(30)19-10-7-11-22(16-19)33-17-18-8-5-4-6-9-18/h4-16,23,30H,3,17H2,1-2H3. The summed E-state index contributed by atoms with van der Waals surface area (Å²) in [5, 5.41) is 11.1. The summed E-state index contributed by atoms with van der Waals surface area (Å²) in [5.41, 5.74) is -1.53. The van der Waals surface area contributed by atoms with Gasteiger partial charge in [0, 0.05) is 0 Å². The van der Waals surface area contributed by atoms with Crippen LogP contribution in [0.25, 0.3) is 0 Å². The van der Waals surface area contributed by atoms with E-state index in [1.165, 1.54) is 6.92 Å². The van der Waals surface area contributed by atoms with Crippen LogP contribution in [0.15, 0.2) is 78.9 Å². The van der Waals surface area contributed by atoms with Gasteiger partial charge in [-0.2, -0.15) is 13.2 Å². The van der Waals surface area contributed by atoms with Crippen LogP contribution in [0, 0.1) is 0 Å². The highest BCUT2D eigenvalue weighted by molar-refractivity contribution is 5.81. The van der Waals surface area contributed by atoms with Crippen LogP contribution in [0.1, 0.15) is 36.6 Å². The molecule has 0 fully saturated rings. The minimum absolute atomic E-state index is 0.0255. The second kappa shape index (κ2) is 10.6. The van der Waals surface area contributed by atoms with Crippen LogP contribution < -0.4 is 9.47 Å². The molecule has 8 heteroatoms. The van der Waals surface area contributed by atoms with Crippen LogP contribution in [0.5, 0.6) is 11.5 Å². The van der Waals surface area contributed by atoms with E-state index in [2.05, 4.69) is 0 Å². The van der Waals surface area contributed by atoms with Crippen molar-refractivity contribution >= 4 is 5.97 Å². The van der Waals surface area contributed by atoms with E-state index < -0.39 is 29.4 Å². The van der Waals surface area contributed by atoms with E-state index >= 15 is 0 Å². The van der Waals surface area contributed by atoms with Gasteiger partial charge in [0.15, 0.2) is 0 Å². The van der Waals surface area contributed by atoms with Gasteiger partial charge in [0.2, 0.25) is 5.60 Å². The molecular weight excluding hydrogens is 449 g/mol. The van der Waals surface area contributed by atoms with Crippen LogP contribution in [-0.2, 0) is 22.3 Å². The van der Waals surface area contributed by atoms with Gasteiger partial charge in [-0.05, 0) is 61.4 Å². The molecule has 5 nitrogen and oxygen atoms in total. The lowest BCUT2D eigenvalue weighted by atomic mass is 9.92. The Morgan fingerprint density at radius 1 is 0.941 bits per heavy atom. The van der Waals surface area contributed by atoms with E-state index in [1.54, 1.807) is 31.2 Å². The first-order valence-corrected chi connectivity index (χ1v) is 10.6. The topological polar surface area (TPSA) is 65.0 Å². The molecule has 0 spiro atoms. The van der Waals surface area contributed by atoms with E-state index in [0.717, 1.165) is 29.8 Å². The molecule has 3 rings (SSSR count). The molecule has 0 saturated heterocycles. The fourth-order valence-corrected chi connectivity index (χ4v) is 3.27. The van der Waals surface area contributed by atoms with Crippen LogP contribution in [0.3, 0.4) is 0 Å². The fourth-order valence-electron chi connectivity index (χ4n) is 3.27. The molecular formula is C26H25F3O5. The molecule has 34 heavy (non-hydrogen) atoms. The molecule has 0 aliphatic carbocycles. The molecule has 0 saturated carbocycles. The number of carbonyl (C=O) groups excluding carboxylic acids is 1. The van der Waals surface area contributed by atoms with Gasteiger partial charge >= 0.3 is 12.1 Å². The third-order valence-electron chi connectivity index (χ3n) is 5.14. The summed E-state index contributed by atoms with van der Waals surface area (Å²) in [6, 6.07) is 19.9. The van der Waals surface area contributed by atoms with Crippen LogP contribution in [0.4, 0.5) is 13.2 Å². The van der Waals surface area contributed by atoms with Crippen molar-refractivity contribution in [2.24, 2.45) is 0 Å². The van der Waals surface area contributed by atoms with Gasteiger partial charge in [-0.15, -0.1) is 0 Å². The van der Waals surface area contributed by atoms with Crippen molar-refractivity contribution in [2.75, 3.05) is 6.61 Å². The first-order chi connectivity index (χ1) is 16.1. The lowest BCUT2D eigenvalue weighted by molar-refractivity contribution is -0.171. The summed E-state index contributed by atoms with van der Waals surface area (Å²) in [6.45, 7) is 3.25. The maximum absolute atomic E-state index is 12.9. The summed E-state index contributed by atoms with van der Waals surface area (Å²) in [7, 11) is 0. The highest BCUT2D eigenvalue weighted by Gasteiger charge is 2.46. The predicted octanol–water partition coefficient (Wildman–Crippen LogP) is 5.72. The largest absolute Gasteiger partial charge is 0.489 e. The molecule has 2 unspecified atom stereocenters. The number of aliphatic hydroxyl groups is 1. The Labute approximate surface area is 195 Å². The van der Waals surface area contributed by atoms with E-state index in [-0.39, 0.29) is 12.4 Å². The number of aliphatic hydroxyl groups excluding tert-OH is 1. The van der Waals surface area contributed by atoms with Crippen molar-refractivity contribution in [1.29, 1.82) is 0 Å². The van der Waals surface area contributed by atoms with E-state index in [9.17, 15) is 23.1 Å². The number of benzene rings is 3. The molecule has 0 aromatic heterocycles. The fraction of sp³-hybridized carbons (Fsp3) is 0.269. The zero-order chi connectivity index (χ0) is 24.8. The quantitative estimate of drug-likeness (QED) is 0.402. The molecule has 2 atom stereocenters. The van der Waals surface area contributed by atoms with Gasteiger partial charge < -0.3 is 19.3 Å². The molecule has 1 N–H and O–H groups in total. The van der Waals surface area contributed by atoms with Crippen molar-refractivity contribution in [1.82, 2.24) is 0 Å². The summed E-state index contributed by atoms with van der Waals surface area (Å²) in [5.74, 6) is -0.432. The lowest BCUT2D eigenvalue weighted by Gasteiger charge is -2.33. The second-order valence-electron chi connectivity index (χ2n) is 7.70. The number of rotatable bonds is 9. The Kier molecular flexibility index (Phi) is 7.83. The van der Waals surface area contributed by atoms with Gasteiger partial charge in [0.25, 0.3) is 0 Å². The number of carbonyl (C=O) groups is 1. The minimum Gasteiger partial charge on any atom is -0.489 e. The van der Waals surface area contributed by atoms with Gasteiger partial charge in [0.05, 0.1) is 12.2 Å². The zero-order valence-corrected chi connectivity index (χ0v) is 18.7. The number of ether oxygens (including phenoxy) is 3. The van der Waals surface area contributed by atoms with Crippen molar-refractivity contribution in [3.63, 3.8) is 0 Å². The highest BCUT2D eigenvalue weighted by atomic mass is 19.4. The van der Waals surface area contributed by atoms with Gasteiger partial charge in [0.1, 0.15) is 24.2 Å². The third kappa shape index (κ3) is 6.08. The average Bonchev–Trinajstić information content (AvgIpc) is 2.83. The van der Waals surface area contributed by atoms with Crippen molar-refractivity contribution in [2.45, 2.75) is 38.3 Å². The summed E-state index contributed by atoms with van der Waals surface area (Å²) < 4.78 is 55.3. The molecule has 3 aromatic rings. The Morgan fingerprint density at radius 3 is 2.24 bits per heavy atom. The Balaban J connectivity index is 1.84. The highest BCUT2D eigenvalue weighted by Crippen LogP contribution is 2.35. The zero-order valence-electron chi connectivity index (χ0n) is 18.7. The van der Waals surface area contributed by atoms with Gasteiger partial charge in [-0.3, -0.25) is 0 Å². The molecule has 0 aliphatic rings. The van der Waals surface area contributed by atoms with Gasteiger partial charge in [-0.25, -0.2) is 4.79 Å². The van der Waals surface area contributed by atoms with Crippen LogP contribution in [-0.4, -0.2) is 23.3 Å². The molecule has 0 bridgehead atoms. The monoisotopic (exact) mass is 474 g/mol. The SMILES string of the molecule is CCOC(=O)C(C)(Oc1ccc(C(F)(F)F)cc1)C(O)c1cccc(OCc2ccccc2)c1. The molecule has 0 aliphatic heterocycles. The molecule has 0 heterocycles. The molecule has 0 amide bonds. The minimum atomic E-state index is -4.51. The van der Waals surface area contributed by atoms with Crippen LogP contribution >= 0.6 is 0 Å². The third-order valence-corrected chi connectivity index (χ3v) is 5.14. The number of alkyl halides is 3. The van der Waals surface area contributed by atoms with Gasteiger partial charge in [-0.1, -0.05) is 42.5 Å². The first-order valence-electron chi connectivity index (χ1n) is 10.6. The summed E-state index contributed by atoms with van der Waals surface area (Å²) in [6.07, 6.45) is -6.02. The number of esters is 1. The maximum Gasteiger partial charge on any atom is 0.416 e. The van der Waals surface area contributed by atoms with E-state index in [4.69, 9.17) is 14.2 Å². The average molecular weight is 474 g/mol.